The zero-order chi connectivity index (χ0) is 52.0. The van der Waals surface area contributed by atoms with Crippen LogP contribution in [0.15, 0.2) is 131 Å². The van der Waals surface area contributed by atoms with E-state index in [1.807, 2.05) is 24.3 Å². The molecule has 0 saturated heterocycles. The number of aromatic nitrogens is 4. The number of rotatable bonds is 16. The average molecular weight is 989 g/mol. The summed E-state index contributed by atoms with van der Waals surface area (Å²) in [6, 6.07) is 42.1. The highest BCUT2D eigenvalue weighted by Crippen LogP contribution is 2.36. The van der Waals surface area contributed by atoms with Gasteiger partial charge in [0, 0.05) is 32.3 Å². The summed E-state index contributed by atoms with van der Waals surface area (Å²) in [6.45, 7) is 18.9. The van der Waals surface area contributed by atoms with E-state index in [2.05, 4.69) is 172 Å². The average Bonchev–Trinajstić information content (AvgIpc) is 3.38. The lowest BCUT2D eigenvalue weighted by atomic mass is 9.85. The number of hydrogen-bond donors (Lipinski definition) is 4. The highest BCUT2D eigenvalue weighted by Gasteiger charge is 2.18. The van der Waals surface area contributed by atoms with Crippen molar-refractivity contribution >= 4 is 86.7 Å². The second-order valence-corrected chi connectivity index (χ2v) is 22.6. The maximum Gasteiger partial charge on any atom is 0.323 e. The quantitative estimate of drug-likeness (QED) is 0.0722. The number of aromatic amines is 4. The van der Waals surface area contributed by atoms with Crippen LogP contribution in [0.1, 0.15) is 144 Å². The fourth-order valence-corrected chi connectivity index (χ4v) is 10.3. The molecule has 1 aromatic heterocycles. The van der Waals surface area contributed by atoms with Crippen molar-refractivity contribution in [2.75, 3.05) is 13.2 Å². The second kappa shape index (κ2) is 22.6. The molecule has 0 fully saturated rings. The molecule has 74 heavy (non-hydrogen) atoms. The molecule has 0 atom stereocenters. The van der Waals surface area contributed by atoms with E-state index in [9.17, 15) is 9.59 Å². The van der Waals surface area contributed by atoms with Crippen molar-refractivity contribution in [2.45, 2.75) is 143 Å². The number of unbranched alkanes of at least 4 members (excludes halogenated alkanes) is 10. The summed E-state index contributed by atoms with van der Waals surface area (Å²) in [7, 11) is 0. The molecule has 8 heteroatoms. The largest absolute Gasteiger partial charge is 0.493 e. The lowest BCUT2D eigenvalue weighted by Gasteiger charge is -2.20. The van der Waals surface area contributed by atoms with Crippen LogP contribution in [0.4, 0.5) is 0 Å². The minimum atomic E-state index is -0.340. The van der Waals surface area contributed by atoms with Crippen LogP contribution in [0.3, 0.4) is 0 Å². The van der Waals surface area contributed by atoms with Crippen LogP contribution in [0.25, 0.3) is 86.7 Å². The van der Waals surface area contributed by atoms with Gasteiger partial charge in [0.2, 0.25) is 0 Å². The Bertz CT molecular complexity index is 3550. The van der Waals surface area contributed by atoms with Crippen LogP contribution in [0.2, 0.25) is 0 Å². The van der Waals surface area contributed by atoms with Crippen molar-refractivity contribution in [3.63, 3.8) is 0 Å². The smallest absolute Gasteiger partial charge is 0.323 e. The first-order chi connectivity index (χ1) is 35.7. The number of benzene rings is 8. The third-order valence-electron chi connectivity index (χ3n) is 14.8. The third-order valence-corrected chi connectivity index (χ3v) is 14.8. The van der Waals surface area contributed by atoms with Gasteiger partial charge in [-0.15, -0.1) is 0 Å². The highest BCUT2D eigenvalue weighted by atomic mass is 16.5. The van der Waals surface area contributed by atoms with Gasteiger partial charge in [0.1, 0.15) is 11.5 Å². The molecule has 0 spiro atoms. The lowest BCUT2D eigenvalue weighted by Crippen LogP contribution is -2.12. The molecule has 4 N–H and O–H groups in total. The summed E-state index contributed by atoms with van der Waals surface area (Å²) < 4.78 is 13.0. The van der Waals surface area contributed by atoms with Crippen LogP contribution in [-0.4, -0.2) is 33.1 Å². The predicted octanol–water partition coefficient (Wildman–Crippen LogP) is 17.8. The number of hydrogen-bond acceptors (Lipinski definition) is 4. The number of H-pyrrole nitrogens is 4. The van der Waals surface area contributed by atoms with Gasteiger partial charge in [0.25, 0.3) is 0 Å². The molecule has 384 valence electrons. The zero-order valence-corrected chi connectivity index (χ0v) is 45.1. The van der Waals surface area contributed by atoms with Crippen molar-refractivity contribution in [3.05, 3.63) is 153 Å². The lowest BCUT2D eigenvalue weighted by molar-refractivity contribution is 0.307. The molecule has 8 aromatic carbocycles. The van der Waals surface area contributed by atoms with Crippen molar-refractivity contribution in [2.24, 2.45) is 0 Å². The molecule has 1 heterocycles. The van der Waals surface area contributed by atoms with E-state index in [4.69, 9.17) is 9.47 Å². The summed E-state index contributed by atoms with van der Waals surface area (Å²) in [5.41, 5.74) is 3.96. The molecule has 0 saturated carbocycles. The van der Waals surface area contributed by atoms with Crippen LogP contribution in [-0.2, 0) is 10.8 Å². The fourth-order valence-electron chi connectivity index (χ4n) is 10.3. The van der Waals surface area contributed by atoms with Gasteiger partial charge in [0.15, 0.2) is 0 Å². The Morgan fingerprint density at radius 2 is 0.676 bits per heavy atom. The molecule has 0 amide bonds. The standard InChI is InChI=1S/C66H76N4O4/c1-9-11-13-15-17-19-33-73-61-31-29-57-55-39-45(25-27-51(55)61)46-26-28-52-56(40-46)58(30-32-62(52)74-34-20-18-16-14-12-10-2)68-64(72)70-60-42-50(66(6,7)8)36-48-24-22-44(38-54(48)60)43-21-23-47-35-49(65(3,4)5)41-59(53(47)37-43)69-63(71)67-57/h21-32,35-42H,9-20,33-34H2,1-8H3,(H2,67,69,71)(H2,68,70,72). The first-order valence-electron chi connectivity index (χ1n) is 27.4. The van der Waals surface area contributed by atoms with Gasteiger partial charge in [0.05, 0.1) is 35.3 Å². The van der Waals surface area contributed by atoms with Gasteiger partial charge in [-0.3, -0.25) is 0 Å². The van der Waals surface area contributed by atoms with E-state index < -0.39 is 0 Å². The third kappa shape index (κ3) is 12.0. The molecule has 0 unspecified atom stereocenters. The minimum Gasteiger partial charge on any atom is -0.493 e. The first-order valence-corrected chi connectivity index (χ1v) is 27.4. The van der Waals surface area contributed by atoms with Crippen LogP contribution >= 0.6 is 0 Å². The van der Waals surface area contributed by atoms with Gasteiger partial charge < -0.3 is 29.4 Å². The minimum absolute atomic E-state index is 0.175. The van der Waals surface area contributed by atoms with E-state index in [1.165, 1.54) is 51.4 Å². The molecule has 8 nitrogen and oxygen atoms in total. The number of fused-ring (bicyclic) bond motifs is 6. The molecule has 0 aliphatic rings. The maximum atomic E-state index is 14.6. The Balaban J connectivity index is 1.33. The van der Waals surface area contributed by atoms with E-state index in [0.717, 1.165) is 124 Å². The SMILES string of the molecule is CCCCCCCCOc1ccc2[nH]c(=O)[nH]c3cc(C(C)(C)C)cc4ccc(cc43)c3ccc4cc(C(C)(C)C)cc([nH]c(=O)[nH]c5ccc(OCCCCCCCC)c6ccc(cc56)c5ccc1c2c5)c4c3. The Kier molecular flexibility index (Phi) is 15.8. The normalized spacial score (nSPS) is 12.1. The summed E-state index contributed by atoms with van der Waals surface area (Å²) in [6.07, 6.45) is 14.1. The van der Waals surface area contributed by atoms with Gasteiger partial charge in [-0.05, 0) is 140 Å². The Labute approximate surface area is 435 Å². The predicted molar refractivity (Wildman–Crippen MR) is 316 cm³/mol. The fraction of sp³-hybridized carbons (Fsp3) is 0.364. The Morgan fingerprint density at radius 3 is 1.07 bits per heavy atom. The summed E-state index contributed by atoms with van der Waals surface area (Å²) in [4.78, 5) is 42.3. The van der Waals surface area contributed by atoms with Crippen LogP contribution in [0, 0.1) is 0 Å². The Hall–Kier alpha value is -7.06. The molecular weight excluding hydrogens is 913 g/mol. The zero-order valence-electron chi connectivity index (χ0n) is 45.1. The van der Waals surface area contributed by atoms with Crippen LogP contribution in [0.5, 0.6) is 11.5 Å². The van der Waals surface area contributed by atoms with Crippen molar-refractivity contribution in [3.8, 4) is 11.5 Å². The molecular formula is C66H76N4O4. The van der Waals surface area contributed by atoms with Crippen LogP contribution < -0.4 is 20.9 Å². The van der Waals surface area contributed by atoms with Gasteiger partial charge >= 0.3 is 11.4 Å². The molecule has 8 bridgehead atoms. The van der Waals surface area contributed by atoms with E-state index in [0.29, 0.717) is 24.2 Å². The first kappa shape index (κ1) is 51.8. The highest BCUT2D eigenvalue weighted by molar-refractivity contribution is 6.09. The number of nitrogens with one attached hydrogen (secondary N) is 4. The van der Waals surface area contributed by atoms with Gasteiger partial charge in [-0.2, -0.15) is 0 Å². The molecule has 0 aliphatic carbocycles. The molecule has 9 rings (SSSR count). The van der Waals surface area contributed by atoms with Gasteiger partial charge in [-0.25, -0.2) is 9.59 Å². The Morgan fingerprint density at radius 1 is 0.338 bits per heavy atom. The van der Waals surface area contributed by atoms with E-state index in [1.54, 1.807) is 0 Å². The second-order valence-electron chi connectivity index (χ2n) is 22.6. The molecule has 0 radical (unpaired) electrons. The van der Waals surface area contributed by atoms with Gasteiger partial charge in [-0.1, -0.05) is 168 Å². The maximum absolute atomic E-state index is 14.6. The van der Waals surface area contributed by atoms with Crippen molar-refractivity contribution in [1.82, 2.24) is 19.9 Å². The topological polar surface area (TPSA) is 116 Å². The van der Waals surface area contributed by atoms with E-state index in [-0.39, 0.29) is 22.2 Å². The molecule has 9 aromatic rings. The number of ether oxygens (including phenoxy) is 2. The van der Waals surface area contributed by atoms with E-state index >= 15 is 0 Å². The monoisotopic (exact) mass is 989 g/mol. The summed E-state index contributed by atoms with van der Waals surface area (Å²) in [5.74, 6) is 1.56. The molecule has 0 aliphatic heterocycles. The summed E-state index contributed by atoms with van der Waals surface area (Å²) >= 11 is 0. The summed E-state index contributed by atoms with van der Waals surface area (Å²) in [5, 5.41) is 11.3. The van der Waals surface area contributed by atoms with Crippen molar-refractivity contribution < 1.29 is 9.47 Å². The van der Waals surface area contributed by atoms with Crippen molar-refractivity contribution in [1.29, 1.82) is 0 Å².